The highest BCUT2D eigenvalue weighted by molar-refractivity contribution is 4.81. The van der Waals surface area contributed by atoms with Gasteiger partial charge in [-0.2, -0.15) is 0 Å². The molecular formula is C13H29NO2. The number of aliphatic hydroxyl groups is 1. The average Bonchev–Trinajstić information content (AvgIpc) is 2.31. The van der Waals surface area contributed by atoms with Gasteiger partial charge in [-0.25, -0.2) is 0 Å². The van der Waals surface area contributed by atoms with Gasteiger partial charge in [0, 0.05) is 18.8 Å². The van der Waals surface area contributed by atoms with Crippen LogP contribution in [0.3, 0.4) is 0 Å². The minimum atomic E-state index is -0.110. The molecule has 0 aliphatic rings. The van der Waals surface area contributed by atoms with Crippen LogP contribution in [0.1, 0.15) is 52.9 Å². The molecule has 16 heavy (non-hydrogen) atoms. The smallest absolute Gasteiger partial charge is 0.0610 e. The lowest BCUT2D eigenvalue weighted by molar-refractivity contribution is 0.122. The molecule has 0 aliphatic carbocycles. The summed E-state index contributed by atoms with van der Waals surface area (Å²) in [6, 6.07) is 0. The van der Waals surface area contributed by atoms with Crippen molar-refractivity contribution in [3.05, 3.63) is 0 Å². The number of hydrogen-bond donors (Lipinski definition) is 2. The first-order valence-electron chi connectivity index (χ1n) is 6.62. The zero-order valence-electron chi connectivity index (χ0n) is 11.2. The van der Waals surface area contributed by atoms with Crippen LogP contribution in [0.2, 0.25) is 0 Å². The van der Waals surface area contributed by atoms with Gasteiger partial charge in [0.1, 0.15) is 0 Å². The minimum absolute atomic E-state index is 0.110. The first-order valence-corrected chi connectivity index (χ1v) is 6.62. The normalized spacial score (nSPS) is 15.0. The second-order valence-electron chi connectivity index (χ2n) is 4.72. The van der Waals surface area contributed by atoms with Crippen LogP contribution in [0, 0.1) is 0 Å². The molecule has 0 heterocycles. The highest BCUT2D eigenvalue weighted by Crippen LogP contribution is 2.13. The molecule has 1 unspecified atom stereocenters. The largest absolute Gasteiger partial charge is 0.394 e. The van der Waals surface area contributed by atoms with Crippen molar-refractivity contribution in [3.8, 4) is 0 Å². The van der Waals surface area contributed by atoms with E-state index in [1.807, 2.05) is 0 Å². The molecule has 0 aromatic rings. The van der Waals surface area contributed by atoms with Gasteiger partial charge < -0.3 is 15.2 Å². The molecule has 0 amide bonds. The first-order chi connectivity index (χ1) is 7.68. The fraction of sp³-hybridized carbons (Fsp3) is 1.00. The summed E-state index contributed by atoms with van der Waals surface area (Å²) in [4.78, 5) is 0. The third-order valence-electron chi connectivity index (χ3n) is 2.77. The van der Waals surface area contributed by atoms with Gasteiger partial charge in [-0.05, 0) is 45.6 Å². The van der Waals surface area contributed by atoms with Crippen molar-refractivity contribution >= 4 is 0 Å². The Morgan fingerprint density at radius 3 is 2.44 bits per heavy atom. The van der Waals surface area contributed by atoms with E-state index in [4.69, 9.17) is 4.74 Å². The molecule has 1 atom stereocenters. The van der Waals surface area contributed by atoms with Crippen molar-refractivity contribution in [3.63, 3.8) is 0 Å². The van der Waals surface area contributed by atoms with E-state index in [0.29, 0.717) is 0 Å². The number of unbranched alkanes of at least 4 members (excludes halogenated alkanes) is 1. The average molecular weight is 231 g/mol. The molecular weight excluding hydrogens is 202 g/mol. The van der Waals surface area contributed by atoms with Crippen LogP contribution < -0.4 is 5.32 Å². The van der Waals surface area contributed by atoms with Gasteiger partial charge in [0.25, 0.3) is 0 Å². The number of rotatable bonds is 11. The summed E-state index contributed by atoms with van der Waals surface area (Å²) in [5.74, 6) is 0. The quantitative estimate of drug-likeness (QED) is 0.536. The van der Waals surface area contributed by atoms with Crippen LogP contribution in [-0.2, 0) is 4.74 Å². The fourth-order valence-electron chi connectivity index (χ4n) is 1.62. The molecule has 0 bridgehead atoms. The highest BCUT2D eigenvalue weighted by atomic mass is 16.5. The van der Waals surface area contributed by atoms with E-state index in [1.165, 1.54) is 0 Å². The van der Waals surface area contributed by atoms with Gasteiger partial charge in [0.2, 0.25) is 0 Å². The third kappa shape index (κ3) is 8.08. The monoisotopic (exact) mass is 231 g/mol. The van der Waals surface area contributed by atoms with Crippen LogP contribution in [0.15, 0.2) is 0 Å². The summed E-state index contributed by atoms with van der Waals surface area (Å²) in [5.41, 5.74) is -0.110. The van der Waals surface area contributed by atoms with Crippen LogP contribution in [0.4, 0.5) is 0 Å². The Morgan fingerprint density at radius 1 is 1.12 bits per heavy atom. The molecule has 0 saturated carbocycles. The highest BCUT2D eigenvalue weighted by Gasteiger charge is 2.20. The van der Waals surface area contributed by atoms with E-state index in [0.717, 1.165) is 51.9 Å². The topological polar surface area (TPSA) is 41.5 Å². The molecule has 98 valence electrons. The maximum Gasteiger partial charge on any atom is 0.0610 e. The number of nitrogens with one attached hydrogen (secondary N) is 1. The maximum atomic E-state index is 9.36. The first kappa shape index (κ1) is 15.9. The Kier molecular flexibility index (Phi) is 9.99. The van der Waals surface area contributed by atoms with E-state index >= 15 is 0 Å². The van der Waals surface area contributed by atoms with Gasteiger partial charge >= 0.3 is 0 Å². The van der Waals surface area contributed by atoms with Crippen molar-refractivity contribution in [2.45, 2.75) is 58.4 Å². The summed E-state index contributed by atoms with van der Waals surface area (Å²) in [6.45, 7) is 9.26. The predicted octanol–water partition coefficient (Wildman–Crippen LogP) is 2.33. The Labute approximate surface area is 101 Å². The Morgan fingerprint density at radius 2 is 1.88 bits per heavy atom. The van der Waals surface area contributed by atoms with Crippen molar-refractivity contribution in [2.24, 2.45) is 0 Å². The molecule has 0 rings (SSSR count). The molecule has 3 nitrogen and oxygen atoms in total. The van der Waals surface area contributed by atoms with Crippen molar-refractivity contribution in [1.29, 1.82) is 0 Å². The Hall–Kier alpha value is -0.120. The summed E-state index contributed by atoms with van der Waals surface area (Å²) in [5, 5.41) is 12.8. The van der Waals surface area contributed by atoms with Crippen LogP contribution >= 0.6 is 0 Å². The summed E-state index contributed by atoms with van der Waals surface area (Å²) in [7, 11) is 0. The predicted molar refractivity (Wildman–Crippen MR) is 68.7 cm³/mol. The van der Waals surface area contributed by atoms with Crippen molar-refractivity contribution in [2.75, 3.05) is 26.4 Å². The molecule has 3 heteroatoms. The molecule has 0 saturated heterocycles. The minimum Gasteiger partial charge on any atom is -0.394 e. The van der Waals surface area contributed by atoms with E-state index in [1.54, 1.807) is 0 Å². The van der Waals surface area contributed by atoms with Crippen LogP contribution in [-0.4, -0.2) is 37.0 Å². The zero-order valence-corrected chi connectivity index (χ0v) is 11.2. The van der Waals surface area contributed by atoms with E-state index in [-0.39, 0.29) is 12.1 Å². The second-order valence-corrected chi connectivity index (χ2v) is 4.72. The third-order valence-corrected chi connectivity index (χ3v) is 2.77. The van der Waals surface area contributed by atoms with Crippen LogP contribution in [0.5, 0.6) is 0 Å². The molecule has 0 radical (unpaired) electrons. The maximum absolute atomic E-state index is 9.36. The van der Waals surface area contributed by atoms with E-state index in [2.05, 4.69) is 26.1 Å². The lowest BCUT2D eigenvalue weighted by Gasteiger charge is -2.28. The number of ether oxygens (including phenoxy) is 1. The van der Waals surface area contributed by atoms with E-state index in [9.17, 15) is 5.11 Å². The lowest BCUT2D eigenvalue weighted by atomic mass is 9.95. The molecule has 2 N–H and O–H groups in total. The standard InChI is InChI=1S/C13H29NO2/c1-4-9-14-13(3,12-15)8-6-7-11-16-10-5-2/h14-15H,4-12H2,1-3H3. The molecule has 0 fully saturated rings. The molecule has 0 aromatic heterocycles. The fourth-order valence-corrected chi connectivity index (χ4v) is 1.62. The van der Waals surface area contributed by atoms with Gasteiger partial charge in [0.05, 0.1) is 6.61 Å². The molecule has 0 aliphatic heterocycles. The second kappa shape index (κ2) is 10.1. The summed E-state index contributed by atoms with van der Waals surface area (Å²) < 4.78 is 5.43. The summed E-state index contributed by atoms with van der Waals surface area (Å²) >= 11 is 0. The number of aliphatic hydroxyl groups excluding tert-OH is 1. The van der Waals surface area contributed by atoms with Gasteiger partial charge in [-0.15, -0.1) is 0 Å². The molecule has 0 aromatic carbocycles. The van der Waals surface area contributed by atoms with Crippen molar-refractivity contribution in [1.82, 2.24) is 5.32 Å². The van der Waals surface area contributed by atoms with Gasteiger partial charge in [-0.3, -0.25) is 0 Å². The number of hydrogen-bond acceptors (Lipinski definition) is 3. The van der Waals surface area contributed by atoms with Crippen molar-refractivity contribution < 1.29 is 9.84 Å². The Balaban J connectivity index is 3.53. The van der Waals surface area contributed by atoms with Gasteiger partial charge in [0.15, 0.2) is 0 Å². The Bertz CT molecular complexity index is 153. The summed E-state index contributed by atoms with van der Waals surface area (Å²) in [6.07, 6.45) is 5.40. The van der Waals surface area contributed by atoms with Gasteiger partial charge in [-0.1, -0.05) is 13.8 Å². The molecule has 0 spiro atoms. The van der Waals surface area contributed by atoms with Crippen LogP contribution in [0.25, 0.3) is 0 Å². The SMILES string of the molecule is CCCNC(C)(CO)CCCCOCCC. The zero-order chi connectivity index (χ0) is 12.3. The van der Waals surface area contributed by atoms with E-state index < -0.39 is 0 Å². The lowest BCUT2D eigenvalue weighted by Crippen LogP contribution is -2.46.